The summed E-state index contributed by atoms with van der Waals surface area (Å²) in [4.78, 5) is 73.8. The average molecular weight is 821 g/mol. The zero-order chi connectivity index (χ0) is 41.8. The van der Waals surface area contributed by atoms with Gasteiger partial charge in [0.25, 0.3) is 31.9 Å². The molecule has 4 N–H and O–H groups in total. The van der Waals surface area contributed by atoms with E-state index in [1.54, 1.807) is 9.44 Å². The van der Waals surface area contributed by atoms with Crippen LogP contribution in [0.2, 0.25) is 0 Å². The van der Waals surface area contributed by atoms with E-state index in [2.05, 4.69) is 40.5 Å². The van der Waals surface area contributed by atoms with Crippen LogP contribution in [-0.4, -0.2) is 137 Å². The van der Waals surface area contributed by atoms with Crippen LogP contribution in [-0.2, 0) is 20.0 Å². The number of amides is 6. The van der Waals surface area contributed by atoms with Crippen LogP contribution in [0.5, 0.6) is 23.5 Å². The minimum atomic E-state index is -4.46. The van der Waals surface area contributed by atoms with Crippen LogP contribution in [0.3, 0.4) is 0 Å². The third kappa shape index (κ3) is 11.5. The van der Waals surface area contributed by atoms with E-state index in [0.717, 1.165) is 0 Å². The van der Waals surface area contributed by atoms with Gasteiger partial charge in [-0.2, -0.15) is 36.8 Å². The molecule has 0 bridgehead atoms. The molecule has 4 rings (SSSR count). The molecule has 0 atom stereocenters. The van der Waals surface area contributed by atoms with Crippen LogP contribution in [0, 0.1) is 0 Å². The largest absolute Gasteiger partial charge is 0.481 e. The van der Waals surface area contributed by atoms with E-state index in [0.29, 0.717) is 0 Å². The highest BCUT2D eigenvalue weighted by Crippen LogP contribution is 2.20. The molecule has 0 aliphatic heterocycles. The van der Waals surface area contributed by atoms with Gasteiger partial charge in [-0.25, -0.2) is 29.0 Å². The molecule has 0 aliphatic rings. The molecule has 24 nitrogen and oxygen atoms in total. The Hall–Kier alpha value is -6.96. The quantitative estimate of drug-likeness (QED) is 0.148. The lowest BCUT2D eigenvalue weighted by atomic mass is 10.2. The van der Waals surface area contributed by atoms with E-state index in [4.69, 9.17) is 18.9 Å². The lowest BCUT2D eigenvalue weighted by Gasteiger charge is -2.14. The Kier molecular flexibility index (Phi) is 14.6. The van der Waals surface area contributed by atoms with Crippen molar-refractivity contribution in [3.05, 3.63) is 59.9 Å². The first-order chi connectivity index (χ1) is 26.3. The van der Waals surface area contributed by atoms with Crippen LogP contribution in [0.15, 0.2) is 58.8 Å². The number of nitrogens with one attached hydrogen (secondary N) is 4. The molecular weight excluding hydrogens is 785 g/mol. The fourth-order valence-corrected chi connectivity index (χ4v) is 6.02. The number of rotatable bonds is 12. The van der Waals surface area contributed by atoms with Crippen LogP contribution in [0.4, 0.5) is 21.5 Å². The zero-order valence-electron chi connectivity index (χ0n) is 30.9. The van der Waals surface area contributed by atoms with Crippen LogP contribution in [0.25, 0.3) is 0 Å². The number of urea groups is 2. The summed E-state index contributed by atoms with van der Waals surface area (Å²) in [6, 6.07) is 5.81. The predicted molar refractivity (Wildman–Crippen MR) is 193 cm³/mol. The molecule has 0 saturated carbocycles. The topological polar surface area (TPSA) is 305 Å². The second kappa shape index (κ2) is 18.9. The van der Waals surface area contributed by atoms with E-state index in [9.17, 15) is 36.0 Å². The normalized spacial score (nSPS) is 10.7. The van der Waals surface area contributed by atoms with Crippen molar-refractivity contribution in [1.82, 2.24) is 49.1 Å². The highest BCUT2D eigenvalue weighted by molar-refractivity contribution is 7.90. The third-order valence-electron chi connectivity index (χ3n) is 6.42. The summed E-state index contributed by atoms with van der Waals surface area (Å²) in [6.07, 6.45) is 2.38. The first kappa shape index (κ1) is 43.4. The van der Waals surface area contributed by atoms with Gasteiger partial charge in [-0.15, -0.1) is 0 Å². The number of hydrogen-bond acceptors (Lipinski definition) is 18. The first-order valence-corrected chi connectivity index (χ1v) is 18.3. The molecule has 0 radical (unpaired) electrons. The Morgan fingerprint density at radius 1 is 0.554 bits per heavy atom. The number of carbonyl (C=O) groups excluding carboxylic acids is 4. The number of aromatic nitrogens is 6. The van der Waals surface area contributed by atoms with Crippen molar-refractivity contribution in [2.45, 2.75) is 10.1 Å². The van der Waals surface area contributed by atoms with Crippen molar-refractivity contribution in [3.8, 4) is 23.5 Å². The highest BCUT2D eigenvalue weighted by Gasteiger charge is 2.28. The van der Waals surface area contributed by atoms with Crippen LogP contribution in [0.1, 0.15) is 20.7 Å². The fourth-order valence-electron chi connectivity index (χ4n) is 3.95. The van der Waals surface area contributed by atoms with Crippen molar-refractivity contribution in [2.24, 2.45) is 0 Å². The number of hydrogen-bond donors (Lipinski definition) is 4. The standard InChI is InChI=1S/2C15H18N6O6S/c2*1-21(2)13(22)9-6-5-7-16-12(9)28(24,25)20-15(23)19-14-17-10(26-3)8-11(18-14)27-4/h2*5-8H,1-4H3,(H2,17,18,19,20,23). The Labute approximate surface area is 320 Å². The molecule has 4 aromatic rings. The van der Waals surface area contributed by atoms with Gasteiger partial charge in [-0.3, -0.25) is 20.2 Å². The van der Waals surface area contributed by atoms with Crippen LogP contribution < -0.4 is 39.0 Å². The monoisotopic (exact) mass is 820 g/mol. The van der Waals surface area contributed by atoms with Gasteiger partial charge in [0.05, 0.1) is 51.7 Å². The zero-order valence-corrected chi connectivity index (χ0v) is 32.5. The predicted octanol–water partition coefficient (Wildman–Crippen LogP) is 0.202. The van der Waals surface area contributed by atoms with Gasteiger partial charge in [0, 0.05) is 40.6 Å². The summed E-state index contributed by atoms with van der Waals surface area (Å²) in [6.45, 7) is 0. The lowest BCUT2D eigenvalue weighted by Crippen LogP contribution is -2.36. The number of methoxy groups -OCH3 is 4. The van der Waals surface area contributed by atoms with Crippen molar-refractivity contribution < 1.29 is 55.0 Å². The molecule has 4 heterocycles. The van der Waals surface area contributed by atoms with Gasteiger partial charge in [-0.05, 0) is 24.3 Å². The van der Waals surface area contributed by atoms with E-state index in [-0.39, 0.29) is 46.5 Å². The molecule has 300 valence electrons. The van der Waals surface area contributed by atoms with Gasteiger partial charge in [-0.1, -0.05) is 0 Å². The molecule has 0 unspecified atom stereocenters. The summed E-state index contributed by atoms with van der Waals surface area (Å²) in [5.74, 6) is -1.32. The maximum absolute atomic E-state index is 12.5. The molecule has 0 aliphatic carbocycles. The second-order valence-electron chi connectivity index (χ2n) is 10.8. The SMILES string of the molecule is COc1cc(OC)nc(NC(=O)NS(=O)(=O)c2ncccc2C(=O)N(C)C)n1.COc1cc(OC)nc(NC(=O)NS(=O)(=O)c2ncccc2C(=O)N(C)C)n1. The van der Waals surface area contributed by atoms with E-state index >= 15 is 0 Å². The summed E-state index contributed by atoms with van der Waals surface area (Å²) in [5, 5.41) is 3.13. The van der Waals surface area contributed by atoms with Crippen molar-refractivity contribution in [2.75, 3.05) is 67.3 Å². The van der Waals surface area contributed by atoms with Crippen LogP contribution >= 0.6 is 0 Å². The Bertz CT molecular complexity index is 2110. The molecule has 4 aromatic heterocycles. The maximum Gasteiger partial charge on any atom is 0.335 e. The maximum atomic E-state index is 12.5. The van der Waals surface area contributed by atoms with E-state index in [1.807, 2.05) is 0 Å². The average Bonchev–Trinajstić information content (AvgIpc) is 3.16. The molecule has 0 spiro atoms. The van der Waals surface area contributed by atoms with Gasteiger partial charge in [0.15, 0.2) is 10.1 Å². The smallest absolute Gasteiger partial charge is 0.335 e. The molecule has 0 fully saturated rings. The number of carbonyl (C=O) groups is 4. The van der Waals surface area contributed by atoms with Crippen molar-refractivity contribution >= 4 is 55.8 Å². The summed E-state index contributed by atoms with van der Waals surface area (Å²) in [7, 11) is 2.30. The number of sulfonamides is 2. The van der Waals surface area contributed by atoms with Crippen molar-refractivity contribution in [1.29, 1.82) is 0 Å². The van der Waals surface area contributed by atoms with Gasteiger partial charge < -0.3 is 28.7 Å². The Morgan fingerprint density at radius 2 is 0.857 bits per heavy atom. The first-order valence-electron chi connectivity index (χ1n) is 15.3. The second-order valence-corrected chi connectivity index (χ2v) is 14.0. The molecule has 6 amide bonds. The molecule has 56 heavy (non-hydrogen) atoms. The van der Waals surface area contributed by atoms with E-state index in [1.165, 1.54) is 115 Å². The van der Waals surface area contributed by atoms with Gasteiger partial charge in [0.2, 0.25) is 35.4 Å². The van der Waals surface area contributed by atoms with E-state index < -0.39 is 54.0 Å². The summed E-state index contributed by atoms with van der Waals surface area (Å²) < 4.78 is 73.4. The highest BCUT2D eigenvalue weighted by atomic mass is 32.2. The fraction of sp³-hybridized carbons (Fsp3) is 0.267. The molecule has 0 aromatic carbocycles. The number of ether oxygens (including phenoxy) is 4. The summed E-state index contributed by atoms with van der Waals surface area (Å²) in [5.41, 5.74) is -0.376. The lowest BCUT2D eigenvalue weighted by molar-refractivity contribution is 0.0816. The minimum Gasteiger partial charge on any atom is -0.481 e. The number of nitrogens with zero attached hydrogens (tertiary/aromatic N) is 8. The Balaban J connectivity index is 0.000000300. The summed E-state index contributed by atoms with van der Waals surface area (Å²) >= 11 is 0. The molecular formula is C30H36N12O12S2. The Morgan fingerprint density at radius 3 is 1.12 bits per heavy atom. The number of anilines is 2. The molecule has 0 saturated heterocycles. The van der Waals surface area contributed by atoms with Crippen molar-refractivity contribution in [3.63, 3.8) is 0 Å². The minimum absolute atomic E-state index is 0.0913. The van der Waals surface area contributed by atoms with Gasteiger partial charge in [0.1, 0.15) is 0 Å². The molecule has 26 heteroatoms. The third-order valence-corrected chi connectivity index (χ3v) is 9.00. The number of pyridine rings is 2. The van der Waals surface area contributed by atoms with Gasteiger partial charge >= 0.3 is 12.1 Å².